The summed E-state index contributed by atoms with van der Waals surface area (Å²) in [5.74, 6) is 0.0719. The van der Waals surface area contributed by atoms with Crippen LogP contribution >= 0.6 is 11.3 Å². The van der Waals surface area contributed by atoms with Crippen LogP contribution in [0.5, 0.6) is 5.75 Å². The van der Waals surface area contributed by atoms with E-state index >= 15 is 0 Å². The van der Waals surface area contributed by atoms with Crippen LogP contribution in [0.4, 0.5) is 11.4 Å². The molecule has 0 saturated heterocycles. The van der Waals surface area contributed by atoms with Gasteiger partial charge in [-0.1, -0.05) is 25.0 Å². The molecule has 14 nitrogen and oxygen atoms in total. The molecular formula is C37H43N7O7S. The van der Waals surface area contributed by atoms with Crippen molar-refractivity contribution in [2.45, 2.75) is 77.8 Å². The van der Waals surface area contributed by atoms with Crippen LogP contribution < -0.4 is 20.3 Å². The van der Waals surface area contributed by atoms with Crippen LogP contribution in [0.25, 0.3) is 21.3 Å². The molecule has 0 radical (unpaired) electrons. The lowest BCUT2D eigenvalue weighted by molar-refractivity contribution is -0.383. The molecule has 1 fully saturated rings. The highest BCUT2D eigenvalue weighted by atomic mass is 32.1. The van der Waals surface area contributed by atoms with E-state index in [1.165, 1.54) is 12.1 Å². The molecule has 3 amide bonds. The third-order valence-electron chi connectivity index (χ3n) is 9.59. The first-order valence-corrected chi connectivity index (χ1v) is 18.7. The molecule has 0 bridgehead atoms. The molecule has 0 aliphatic heterocycles. The van der Waals surface area contributed by atoms with Crippen molar-refractivity contribution in [3.8, 4) is 5.75 Å². The largest absolute Gasteiger partial charge is 0.491 e. The Kier molecular flexibility index (Phi) is 11.8. The summed E-state index contributed by atoms with van der Waals surface area (Å²) >= 11 is 1.54. The number of thiophene rings is 1. The fraction of sp³-hybridized carbons (Fsp3) is 0.432. The number of nitro benzene ring substituents is 1. The summed E-state index contributed by atoms with van der Waals surface area (Å²) in [6, 6.07) is 14.5. The summed E-state index contributed by atoms with van der Waals surface area (Å²) in [5, 5.41) is 26.7. The number of hydrogen-bond donors (Lipinski definition) is 2. The Morgan fingerprint density at radius 1 is 1.04 bits per heavy atom. The molecule has 0 spiro atoms. The molecule has 52 heavy (non-hydrogen) atoms. The van der Waals surface area contributed by atoms with Crippen LogP contribution in [-0.2, 0) is 16.1 Å². The number of fused-ring (bicyclic) bond motifs is 2. The molecule has 6 rings (SSSR count). The number of ether oxygens (including phenoxy) is 1. The number of non-ortho nitro benzene ring substituents is 1. The quantitative estimate of drug-likeness (QED) is 0.0648. The summed E-state index contributed by atoms with van der Waals surface area (Å²) in [6.07, 6.45) is 6.23. The van der Waals surface area contributed by atoms with Gasteiger partial charge in [-0.25, -0.2) is 4.63 Å². The number of nitrogens with one attached hydrogen (secondary N) is 2. The topological polar surface area (TPSA) is 175 Å². The minimum Gasteiger partial charge on any atom is -0.491 e. The lowest BCUT2D eigenvalue weighted by Crippen LogP contribution is -2.42. The molecule has 3 aromatic heterocycles. The van der Waals surface area contributed by atoms with Gasteiger partial charge in [0.15, 0.2) is 11.3 Å². The summed E-state index contributed by atoms with van der Waals surface area (Å²) in [5.41, 5.74) is 3.35. The lowest BCUT2D eigenvalue weighted by atomic mass is 9.85. The third kappa shape index (κ3) is 8.41. The fourth-order valence-corrected chi connectivity index (χ4v) is 7.65. The van der Waals surface area contributed by atoms with E-state index in [2.05, 4.69) is 25.6 Å². The van der Waals surface area contributed by atoms with Crippen molar-refractivity contribution >= 4 is 61.7 Å². The van der Waals surface area contributed by atoms with Gasteiger partial charge in [0, 0.05) is 36.8 Å². The van der Waals surface area contributed by atoms with E-state index < -0.39 is 4.92 Å². The molecule has 5 aromatic rings. The van der Waals surface area contributed by atoms with Gasteiger partial charge in [0.1, 0.15) is 12.2 Å². The normalized spacial score (nSPS) is 15.8. The van der Waals surface area contributed by atoms with Crippen molar-refractivity contribution in [2.24, 2.45) is 5.92 Å². The number of likely N-dealkylation sites (N-methyl/N-ethyl adjacent to an activating group) is 1. The highest BCUT2D eigenvalue weighted by molar-refractivity contribution is 7.17. The van der Waals surface area contributed by atoms with E-state index in [1.54, 1.807) is 16.2 Å². The highest BCUT2D eigenvalue weighted by Gasteiger charge is 2.29. The number of amides is 3. The first-order valence-electron chi connectivity index (χ1n) is 17.8. The van der Waals surface area contributed by atoms with Gasteiger partial charge in [-0.15, -0.1) is 11.3 Å². The summed E-state index contributed by atoms with van der Waals surface area (Å²) < 4.78 is 13.2. The smallest absolute Gasteiger partial charge is 0.301 e. The van der Waals surface area contributed by atoms with Gasteiger partial charge in [-0.05, 0) is 104 Å². The van der Waals surface area contributed by atoms with Gasteiger partial charge >= 0.3 is 5.69 Å². The Bertz CT molecular complexity index is 2050. The SMILES string of the molecule is CCN(C(=O)Cn1c(C(=O)N[C@H]2CC[C@H](C(=O)NCCCCCCOc3ccc([N+](=O)[O-])c4nonc34)CC2)cc2sccc21)c1cccc(C)c1. The third-order valence-corrected chi connectivity index (χ3v) is 10.4. The molecule has 0 unspecified atom stereocenters. The van der Waals surface area contributed by atoms with Gasteiger partial charge in [0.25, 0.3) is 5.91 Å². The van der Waals surface area contributed by atoms with Gasteiger partial charge in [0.2, 0.25) is 17.3 Å². The zero-order valence-electron chi connectivity index (χ0n) is 29.3. The van der Waals surface area contributed by atoms with Gasteiger partial charge in [-0.2, -0.15) is 0 Å². The van der Waals surface area contributed by atoms with Crippen LogP contribution in [0.3, 0.4) is 0 Å². The number of carbonyl (C=O) groups is 3. The zero-order chi connectivity index (χ0) is 36.6. The second-order valence-electron chi connectivity index (χ2n) is 13.1. The summed E-state index contributed by atoms with van der Waals surface area (Å²) in [6.45, 7) is 5.53. The molecule has 1 saturated carbocycles. The van der Waals surface area contributed by atoms with E-state index in [1.807, 2.05) is 60.2 Å². The average Bonchev–Trinajstić information content (AvgIpc) is 3.88. The van der Waals surface area contributed by atoms with E-state index in [0.29, 0.717) is 56.8 Å². The predicted octanol–water partition coefficient (Wildman–Crippen LogP) is 6.55. The number of aromatic nitrogens is 3. The molecule has 15 heteroatoms. The number of benzene rings is 2. The Hall–Kier alpha value is -5.31. The van der Waals surface area contributed by atoms with Gasteiger partial charge in [-0.3, -0.25) is 24.5 Å². The maximum atomic E-state index is 13.6. The highest BCUT2D eigenvalue weighted by Crippen LogP contribution is 2.31. The van der Waals surface area contributed by atoms with Crippen molar-refractivity contribution in [3.05, 3.63) is 75.3 Å². The maximum Gasteiger partial charge on any atom is 0.301 e. The number of rotatable bonds is 16. The van der Waals surface area contributed by atoms with E-state index in [0.717, 1.165) is 47.2 Å². The molecule has 0 atom stereocenters. The molecule has 1 aliphatic carbocycles. The summed E-state index contributed by atoms with van der Waals surface area (Å²) in [7, 11) is 0. The fourth-order valence-electron chi connectivity index (χ4n) is 6.83. The maximum absolute atomic E-state index is 13.6. The van der Waals surface area contributed by atoms with Crippen molar-refractivity contribution < 1.29 is 28.7 Å². The second-order valence-corrected chi connectivity index (χ2v) is 14.1. The standard InChI is InChI=1S/C37H43N7O7S/c1-3-42(27-10-8-9-24(2)21-27)33(45)23-43-28-17-20-52-32(28)22-30(43)37(47)39-26-13-11-25(12-14-26)36(46)38-18-6-4-5-7-19-50-31-16-15-29(44(48)49)34-35(31)41-51-40-34/h8-10,15-17,20-22,25-26H,3-7,11-14,18-19,23H2,1-2H3,(H,38,46)(H,39,47)/t25-,26-. The Labute approximate surface area is 304 Å². The first kappa shape index (κ1) is 36.5. The molecule has 2 N–H and O–H groups in total. The van der Waals surface area contributed by atoms with Crippen LogP contribution in [-0.4, -0.2) is 63.3 Å². The Balaban J connectivity index is 0.907. The predicted molar refractivity (Wildman–Crippen MR) is 198 cm³/mol. The number of anilines is 1. The number of nitro groups is 1. The zero-order valence-corrected chi connectivity index (χ0v) is 30.2. The number of carbonyl (C=O) groups excluding carboxylic acids is 3. The Morgan fingerprint density at radius 2 is 1.83 bits per heavy atom. The number of nitrogens with zero attached hydrogens (tertiary/aromatic N) is 5. The molecular weight excluding hydrogens is 687 g/mol. The summed E-state index contributed by atoms with van der Waals surface area (Å²) in [4.78, 5) is 52.4. The van der Waals surface area contributed by atoms with Crippen molar-refractivity contribution in [1.82, 2.24) is 25.5 Å². The van der Waals surface area contributed by atoms with Gasteiger partial charge < -0.3 is 24.8 Å². The van der Waals surface area contributed by atoms with Crippen LogP contribution in [0.1, 0.15) is 74.3 Å². The van der Waals surface area contributed by atoms with E-state index in [9.17, 15) is 24.5 Å². The average molecular weight is 730 g/mol. The Morgan fingerprint density at radius 3 is 2.60 bits per heavy atom. The molecule has 2 aromatic carbocycles. The van der Waals surface area contributed by atoms with Gasteiger partial charge in [0.05, 0.1) is 21.7 Å². The van der Waals surface area contributed by atoms with E-state index in [-0.39, 0.29) is 52.9 Å². The monoisotopic (exact) mass is 729 g/mol. The molecule has 274 valence electrons. The van der Waals surface area contributed by atoms with Crippen molar-refractivity contribution in [3.63, 3.8) is 0 Å². The minimum absolute atomic E-state index is 0.0436. The van der Waals surface area contributed by atoms with Crippen LogP contribution in [0.2, 0.25) is 0 Å². The minimum atomic E-state index is -0.538. The first-order chi connectivity index (χ1) is 25.2. The van der Waals surface area contributed by atoms with Crippen LogP contribution in [0.15, 0.2) is 58.5 Å². The van der Waals surface area contributed by atoms with Crippen molar-refractivity contribution in [2.75, 3.05) is 24.6 Å². The number of unbranched alkanes of at least 4 members (excludes halogenated alkanes) is 3. The molecule has 1 aliphatic rings. The van der Waals surface area contributed by atoms with Crippen molar-refractivity contribution in [1.29, 1.82) is 0 Å². The second kappa shape index (κ2) is 16.8. The van der Waals surface area contributed by atoms with E-state index in [4.69, 9.17) is 4.74 Å². The van der Waals surface area contributed by atoms with Crippen LogP contribution in [0, 0.1) is 23.0 Å². The number of hydrogen-bond acceptors (Lipinski definition) is 10. The number of aryl methyl sites for hydroxylation is 1. The molecule has 3 heterocycles. The lowest BCUT2D eigenvalue weighted by Gasteiger charge is -2.28.